The van der Waals surface area contributed by atoms with E-state index in [1.807, 2.05) is 11.3 Å². The van der Waals surface area contributed by atoms with E-state index in [0.29, 0.717) is 0 Å². The lowest BCUT2D eigenvalue weighted by Crippen LogP contribution is -2.15. The fourth-order valence-electron chi connectivity index (χ4n) is 7.00. The normalized spacial score (nSPS) is 17.0. The van der Waals surface area contributed by atoms with Crippen LogP contribution in [0, 0.1) is 0 Å². The Morgan fingerprint density at radius 2 is 1.21 bits per heavy atom. The summed E-state index contributed by atoms with van der Waals surface area (Å²) >= 11 is 1.87. The fourth-order valence-corrected chi connectivity index (χ4v) is 8.08. The van der Waals surface area contributed by atoms with Crippen molar-refractivity contribution in [3.8, 4) is 38.4 Å². The van der Waals surface area contributed by atoms with Crippen molar-refractivity contribution in [1.29, 1.82) is 0 Å². The Kier molecular flexibility index (Phi) is 5.26. The number of hydrogen-bond donors (Lipinski definition) is 0. The Labute approximate surface area is 248 Å². The summed E-state index contributed by atoms with van der Waals surface area (Å²) in [6.45, 7) is 0. The van der Waals surface area contributed by atoms with Crippen LogP contribution in [0.5, 0.6) is 5.75 Å². The van der Waals surface area contributed by atoms with E-state index in [1.54, 1.807) is 0 Å². The van der Waals surface area contributed by atoms with Gasteiger partial charge in [0.05, 0.1) is 0 Å². The molecule has 2 heteroatoms. The highest BCUT2D eigenvalue weighted by atomic mass is 32.1. The molecular formula is C40H26OS. The zero-order chi connectivity index (χ0) is 27.6. The van der Waals surface area contributed by atoms with Crippen molar-refractivity contribution in [2.24, 2.45) is 0 Å². The number of hydrogen-bond acceptors (Lipinski definition) is 2. The van der Waals surface area contributed by atoms with Crippen LogP contribution in [0.25, 0.3) is 64.3 Å². The molecule has 1 aliphatic carbocycles. The maximum Gasteiger partial charge on any atom is 0.128 e. The molecule has 2 unspecified atom stereocenters. The lowest BCUT2D eigenvalue weighted by atomic mass is 9.86. The average molecular weight is 555 g/mol. The van der Waals surface area contributed by atoms with E-state index < -0.39 is 0 Å². The molecule has 0 amide bonds. The van der Waals surface area contributed by atoms with E-state index >= 15 is 0 Å². The molecule has 0 saturated heterocycles. The van der Waals surface area contributed by atoms with Gasteiger partial charge >= 0.3 is 0 Å². The summed E-state index contributed by atoms with van der Waals surface area (Å²) < 4.78 is 7.62. The average Bonchev–Trinajstić information content (AvgIpc) is 3.65. The number of allylic oxidation sites excluding steroid dienone is 2. The van der Waals surface area contributed by atoms with Crippen LogP contribution in [-0.2, 0) is 0 Å². The molecule has 0 N–H and O–H groups in total. The van der Waals surface area contributed by atoms with Crippen LogP contribution in [0.2, 0.25) is 0 Å². The zero-order valence-corrected chi connectivity index (χ0v) is 23.6. The third-order valence-corrected chi connectivity index (χ3v) is 9.96. The number of fused-ring (bicyclic) bond motifs is 6. The lowest BCUT2D eigenvalue weighted by molar-refractivity contribution is 0.269. The second-order valence-corrected chi connectivity index (χ2v) is 12.2. The molecule has 42 heavy (non-hydrogen) atoms. The van der Waals surface area contributed by atoms with Gasteiger partial charge in [-0.1, -0.05) is 115 Å². The molecule has 2 aliphatic rings. The monoisotopic (exact) mass is 554 g/mol. The topological polar surface area (TPSA) is 9.23 Å². The molecule has 198 valence electrons. The summed E-state index contributed by atoms with van der Waals surface area (Å²) in [5.41, 5.74) is 7.69. The van der Waals surface area contributed by atoms with Gasteiger partial charge < -0.3 is 4.74 Å². The van der Waals surface area contributed by atoms with Crippen molar-refractivity contribution in [3.63, 3.8) is 0 Å². The van der Waals surface area contributed by atoms with Crippen molar-refractivity contribution >= 4 is 43.0 Å². The summed E-state index contributed by atoms with van der Waals surface area (Å²) in [7, 11) is 0. The van der Waals surface area contributed by atoms with Gasteiger partial charge in [-0.15, -0.1) is 11.3 Å². The van der Waals surface area contributed by atoms with Gasteiger partial charge in [0.15, 0.2) is 0 Å². The highest BCUT2D eigenvalue weighted by molar-refractivity contribution is 7.22. The maximum atomic E-state index is 6.31. The third kappa shape index (κ3) is 3.55. The molecule has 6 aromatic carbocycles. The van der Waals surface area contributed by atoms with Crippen LogP contribution in [0.1, 0.15) is 11.5 Å². The van der Waals surface area contributed by atoms with Crippen LogP contribution >= 0.6 is 11.3 Å². The molecular weight excluding hydrogens is 529 g/mol. The Hall–Kier alpha value is -4.92. The first-order valence-electron chi connectivity index (χ1n) is 14.5. The van der Waals surface area contributed by atoms with Gasteiger partial charge in [-0.2, -0.15) is 0 Å². The van der Waals surface area contributed by atoms with E-state index in [-0.39, 0.29) is 12.0 Å². The highest BCUT2D eigenvalue weighted by Gasteiger charge is 2.34. The molecule has 1 aromatic heterocycles. The number of benzene rings is 6. The largest absolute Gasteiger partial charge is 0.485 e. The molecule has 0 fully saturated rings. The van der Waals surface area contributed by atoms with Crippen molar-refractivity contribution in [1.82, 2.24) is 0 Å². The number of rotatable bonds is 3. The fraction of sp³-hybridized carbons (Fsp3) is 0.0500. The second-order valence-electron chi connectivity index (χ2n) is 11.2. The molecule has 1 nitrogen and oxygen atoms in total. The van der Waals surface area contributed by atoms with E-state index in [0.717, 1.165) is 5.75 Å². The molecule has 2 heterocycles. The van der Waals surface area contributed by atoms with Gasteiger partial charge in [-0.25, -0.2) is 0 Å². The molecule has 2 atom stereocenters. The molecule has 0 bridgehead atoms. The minimum absolute atomic E-state index is 0.0903. The van der Waals surface area contributed by atoms with E-state index in [4.69, 9.17) is 4.74 Å². The van der Waals surface area contributed by atoms with Crippen molar-refractivity contribution in [3.05, 3.63) is 151 Å². The number of ether oxygens (including phenoxy) is 1. The summed E-state index contributed by atoms with van der Waals surface area (Å²) in [5.74, 6) is 1.27. The summed E-state index contributed by atoms with van der Waals surface area (Å²) in [6.07, 6.45) is 8.77. The molecule has 9 rings (SSSR count). The summed E-state index contributed by atoms with van der Waals surface area (Å²) in [6, 6.07) is 44.4. The number of thiophene rings is 1. The van der Waals surface area contributed by atoms with Gasteiger partial charge in [0.25, 0.3) is 0 Å². The maximum absolute atomic E-state index is 6.31. The Morgan fingerprint density at radius 3 is 1.95 bits per heavy atom. The zero-order valence-electron chi connectivity index (χ0n) is 22.8. The van der Waals surface area contributed by atoms with Crippen molar-refractivity contribution < 1.29 is 4.74 Å². The van der Waals surface area contributed by atoms with Crippen molar-refractivity contribution in [2.75, 3.05) is 0 Å². The van der Waals surface area contributed by atoms with Crippen LogP contribution < -0.4 is 4.74 Å². The summed E-state index contributed by atoms with van der Waals surface area (Å²) in [4.78, 5) is 1.29. The molecule has 0 radical (unpaired) electrons. The third-order valence-electron chi connectivity index (χ3n) is 8.81. The van der Waals surface area contributed by atoms with Crippen LogP contribution in [0.15, 0.2) is 146 Å². The molecule has 1 aliphatic heterocycles. The summed E-state index contributed by atoms with van der Waals surface area (Å²) in [5, 5.41) is 6.41. The van der Waals surface area contributed by atoms with Crippen LogP contribution in [0.3, 0.4) is 0 Å². The predicted octanol–water partition coefficient (Wildman–Crippen LogP) is 11.2. The van der Waals surface area contributed by atoms with Crippen molar-refractivity contribution in [2.45, 2.75) is 12.0 Å². The minimum Gasteiger partial charge on any atom is -0.485 e. The van der Waals surface area contributed by atoms with E-state index in [1.165, 1.54) is 69.9 Å². The Bertz CT molecular complexity index is 2180. The van der Waals surface area contributed by atoms with E-state index in [2.05, 4.69) is 146 Å². The molecule has 7 aromatic rings. The second kappa shape index (κ2) is 9.30. The van der Waals surface area contributed by atoms with E-state index in [9.17, 15) is 0 Å². The quantitative estimate of drug-likeness (QED) is 0.197. The first-order valence-corrected chi connectivity index (χ1v) is 15.3. The Morgan fingerprint density at radius 1 is 0.548 bits per heavy atom. The molecule has 0 saturated carbocycles. The van der Waals surface area contributed by atoms with Gasteiger partial charge in [0.2, 0.25) is 0 Å². The highest BCUT2D eigenvalue weighted by Crippen LogP contribution is 2.49. The van der Waals surface area contributed by atoms with Gasteiger partial charge in [0.1, 0.15) is 11.9 Å². The first-order chi connectivity index (χ1) is 20.8. The first kappa shape index (κ1) is 23.8. The standard InChI is InChI=1S/C40H26OS/c1-2-11-25(12-3-1)38-28-13-4-6-15-30(28)39(31-16-7-5-14-29(31)38)26-21-22-36-27(23-26)24-37(42-36)33-18-10-20-35-40(33)32-17-8-9-19-34(32)41-35/h1-24,32,34H. The van der Waals surface area contributed by atoms with Crippen LogP contribution in [0.4, 0.5) is 0 Å². The SMILES string of the molecule is C1=CC2Oc3cccc(-c4cc5cc(-c6c7ccccc7c(-c7ccccc7)c7ccccc67)ccc5s4)c3C2C=C1. The van der Waals surface area contributed by atoms with Gasteiger partial charge in [-0.3, -0.25) is 0 Å². The smallest absolute Gasteiger partial charge is 0.128 e. The van der Waals surface area contributed by atoms with Gasteiger partial charge in [0, 0.05) is 21.1 Å². The molecule has 0 spiro atoms. The lowest BCUT2D eigenvalue weighted by Gasteiger charge is -2.17. The predicted molar refractivity (Wildman–Crippen MR) is 179 cm³/mol. The Balaban J connectivity index is 1.24. The van der Waals surface area contributed by atoms with Crippen LogP contribution in [-0.4, -0.2) is 6.10 Å². The van der Waals surface area contributed by atoms with Gasteiger partial charge in [-0.05, 0) is 85.1 Å². The minimum atomic E-state index is 0.0903.